The molecule has 0 aromatic heterocycles. The minimum Gasteiger partial charge on any atom is -0.126 e. The quantitative estimate of drug-likeness (QED) is 0.574. The monoisotopic (exact) mass is 181 g/mol. The lowest BCUT2D eigenvalue weighted by Gasteiger charge is -2.14. The fraction of sp³-hybridized carbons (Fsp3) is 0.750. The fourth-order valence-corrected chi connectivity index (χ4v) is 6.51. The third-order valence-electron chi connectivity index (χ3n) is 2.11. The van der Waals surface area contributed by atoms with Crippen LogP contribution in [0.1, 0.15) is 0 Å². The summed E-state index contributed by atoms with van der Waals surface area (Å²) >= 11 is 0. The van der Waals surface area contributed by atoms with Gasteiger partial charge in [-0.25, -0.2) is 0 Å². The van der Waals surface area contributed by atoms with E-state index in [1.807, 2.05) is 0 Å². The third-order valence-corrected chi connectivity index (χ3v) is 6.42. The van der Waals surface area contributed by atoms with Crippen molar-refractivity contribution < 1.29 is 0 Å². The standard InChI is InChI=1S/C8H18BSi2/c1-10(2,3)7-8(9-7)11(4,5)6/h1-6H3. The highest BCUT2D eigenvalue weighted by Crippen LogP contribution is 2.36. The van der Waals surface area contributed by atoms with E-state index in [0.717, 1.165) is 0 Å². The Balaban J connectivity index is 2.77. The molecule has 1 aliphatic rings. The van der Waals surface area contributed by atoms with Crippen LogP contribution in [0.4, 0.5) is 0 Å². The Morgan fingerprint density at radius 2 is 1.00 bits per heavy atom. The average Bonchev–Trinajstić information content (AvgIpc) is 2.30. The van der Waals surface area contributed by atoms with Crippen LogP contribution < -0.4 is 0 Å². The van der Waals surface area contributed by atoms with E-state index in [4.69, 9.17) is 0 Å². The van der Waals surface area contributed by atoms with Crippen LogP contribution in [0.3, 0.4) is 0 Å². The van der Waals surface area contributed by atoms with Crippen LogP contribution in [0.15, 0.2) is 10.2 Å². The maximum Gasteiger partial charge on any atom is 0.166 e. The summed E-state index contributed by atoms with van der Waals surface area (Å²) in [6.45, 7) is 14.6. The summed E-state index contributed by atoms with van der Waals surface area (Å²) in [4.78, 5) is 0. The highest BCUT2D eigenvalue weighted by atomic mass is 28.3. The van der Waals surface area contributed by atoms with Crippen molar-refractivity contribution in [2.24, 2.45) is 0 Å². The molecule has 0 aromatic rings. The maximum absolute atomic E-state index is 2.46. The summed E-state index contributed by atoms with van der Waals surface area (Å²) < 4.78 is 0. The van der Waals surface area contributed by atoms with Crippen LogP contribution in [0, 0.1) is 0 Å². The molecule has 0 amide bonds. The second kappa shape index (κ2) is 2.36. The molecule has 0 nitrogen and oxygen atoms in total. The Bertz CT molecular complexity index is 183. The van der Waals surface area contributed by atoms with Crippen LogP contribution in [0.2, 0.25) is 39.3 Å². The molecule has 0 N–H and O–H groups in total. The molecule has 0 aromatic carbocycles. The van der Waals surface area contributed by atoms with Crippen molar-refractivity contribution in [3.8, 4) is 0 Å². The van der Waals surface area contributed by atoms with Crippen molar-refractivity contribution >= 4 is 23.4 Å². The Labute approximate surface area is 73.3 Å². The molecule has 61 valence electrons. The van der Waals surface area contributed by atoms with Crippen molar-refractivity contribution in [2.75, 3.05) is 0 Å². The average molecular weight is 181 g/mol. The molecule has 0 fully saturated rings. The van der Waals surface area contributed by atoms with Gasteiger partial charge in [-0.05, 0) is 0 Å². The van der Waals surface area contributed by atoms with E-state index in [1.54, 1.807) is 10.2 Å². The van der Waals surface area contributed by atoms with Gasteiger partial charge in [0, 0.05) is 0 Å². The van der Waals surface area contributed by atoms with Crippen molar-refractivity contribution in [2.45, 2.75) is 39.3 Å². The summed E-state index contributed by atoms with van der Waals surface area (Å²) in [5.41, 5.74) is 0. The molecule has 0 saturated carbocycles. The van der Waals surface area contributed by atoms with E-state index in [1.165, 1.54) is 0 Å². The predicted molar refractivity (Wildman–Crippen MR) is 59.5 cm³/mol. The van der Waals surface area contributed by atoms with E-state index in [-0.39, 0.29) is 0 Å². The molecule has 0 aliphatic carbocycles. The Morgan fingerprint density at radius 3 is 1.09 bits per heavy atom. The molecule has 1 aliphatic heterocycles. The molecule has 11 heavy (non-hydrogen) atoms. The number of hydrogen-bond acceptors (Lipinski definition) is 0. The smallest absolute Gasteiger partial charge is 0.126 e. The maximum atomic E-state index is 2.46. The minimum absolute atomic E-state index is 0.938. The molecule has 3 heteroatoms. The van der Waals surface area contributed by atoms with Gasteiger partial charge in [-0.2, -0.15) is 0 Å². The predicted octanol–water partition coefficient (Wildman–Crippen LogP) is 2.67. The molecular formula is C8H18BSi2. The SMILES string of the molecule is C[Si](C)(C)C1=C([Si](C)(C)C)[B]1. The van der Waals surface area contributed by atoms with Gasteiger partial charge in [0.15, 0.2) is 7.28 Å². The van der Waals surface area contributed by atoms with Crippen LogP contribution in [0.25, 0.3) is 0 Å². The van der Waals surface area contributed by atoms with Crippen molar-refractivity contribution in [1.82, 2.24) is 0 Å². The lowest BCUT2D eigenvalue weighted by atomic mass is 10.0. The molecule has 1 heterocycles. The zero-order chi connectivity index (χ0) is 8.86. The molecule has 0 atom stereocenters. The fourth-order valence-electron chi connectivity index (χ4n) is 1.35. The number of rotatable bonds is 2. The summed E-state index contributed by atoms with van der Waals surface area (Å²) in [6, 6.07) is 0. The van der Waals surface area contributed by atoms with Crippen LogP contribution >= 0.6 is 0 Å². The van der Waals surface area contributed by atoms with E-state index in [0.29, 0.717) is 0 Å². The van der Waals surface area contributed by atoms with Gasteiger partial charge in [0.25, 0.3) is 0 Å². The highest BCUT2D eigenvalue weighted by molar-refractivity contribution is 7.13. The second-order valence-corrected chi connectivity index (χ2v) is 15.5. The molecule has 0 bridgehead atoms. The second-order valence-electron chi connectivity index (χ2n) is 5.47. The van der Waals surface area contributed by atoms with Gasteiger partial charge in [-0.1, -0.05) is 39.3 Å². The van der Waals surface area contributed by atoms with Crippen molar-refractivity contribution in [3.63, 3.8) is 0 Å². The minimum atomic E-state index is -0.938. The summed E-state index contributed by atoms with van der Waals surface area (Å²) in [6.07, 6.45) is 0. The Kier molecular flexibility index (Phi) is 2.00. The van der Waals surface area contributed by atoms with Crippen molar-refractivity contribution in [3.05, 3.63) is 10.2 Å². The van der Waals surface area contributed by atoms with Crippen LogP contribution in [-0.4, -0.2) is 23.4 Å². The van der Waals surface area contributed by atoms with Gasteiger partial charge in [0.2, 0.25) is 0 Å². The molecule has 1 radical (unpaired) electrons. The van der Waals surface area contributed by atoms with Gasteiger partial charge < -0.3 is 0 Å². The van der Waals surface area contributed by atoms with E-state index in [2.05, 4.69) is 46.6 Å². The van der Waals surface area contributed by atoms with Crippen LogP contribution in [0.5, 0.6) is 0 Å². The summed E-state index contributed by atoms with van der Waals surface area (Å²) in [5, 5.41) is 3.52. The number of hydrogen-bond donors (Lipinski definition) is 0. The third kappa shape index (κ3) is 2.09. The van der Waals surface area contributed by atoms with Crippen LogP contribution in [-0.2, 0) is 0 Å². The first kappa shape index (κ1) is 9.33. The van der Waals surface area contributed by atoms with Gasteiger partial charge in [-0.15, -0.1) is 10.2 Å². The normalized spacial score (nSPS) is 18.4. The van der Waals surface area contributed by atoms with E-state index >= 15 is 0 Å². The zero-order valence-electron chi connectivity index (χ0n) is 8.58. The largest absolute Gasteiger partial charge is 0.166 e. The first-order chi connectivity index (χ1) is 4.73. The van der Waals surface area contributed by atoms with E-state index in [9.17, 15) is 0 Å². The Hall–Kier alpha value is 0.239. The van der Waals surface area contributed by atoms with Gasteiger partial charge in [-0.3, -0.25) is 0 Å². The lowest BCUT2D eigenvalue weighted by Crippen LogP contribution is -2.21. The topological polar surface area (TPSA) is 0 Å². The lowest BCUT2D eigenvalue weighted by molar-refractivity contribution is 1.73. The van der Waals surface area contributed by atoms with E-state index < -0.39 is 16.1 Å². The first-order valence-corrected chi connectivity index (χ1v) is 11.3. The van der Waals surface area contributed by atoms with Crippen molar-refractivity contribution in [1.29, 1.82) is 0 Å². The molecule has 1 rings (SSSR count). The van der Waals surface area contributed by atoms with Gasteiger partial charge in [0.1, 0.15) is 0 Å². The summed E-state index contributed by atoms with van der Waals surface area (Å²) in [5.74, 6) is 0. The van der Waals surface area contributed by atoms with Gasteiger partial charge in [0.05, 0.1) is 16.1 Å². The molecule has 0 saturated heterocycles. The molecule has 0 unspecified atom stereocenters. The first-order valence-electron chi connectivity index (χ1n) is 4.33. The molecular weight excluding hydrogens is 163 g/mol. The highest BCUT2D eigenvalue weighted by Gasteiger charge is 2.39. The zero-order valence-corrected chi connectivity index (χ0v) is 10.6. The Morgan fingerprint density at radius 1 is 0.727 bits per heavy atom. The summed E-state index contributed by atoms with van der Waals surface area (Å²) in [7, 11) is 0.582. The molecule has 0 spiro atoms. The van der Waals surface area contributed by atoms with Gasteiger partial charge >= 0.3 is 0 Å².